The zero-order chi connectivity index (χ0) is 22.1. The minimum absolute atomic E-state index is 0.0672. The van der Waals surface area contributed by atoms with Crippen LogP contribution in [0.2, 0.25) is 0 Å². The molecule has 31 heavy (non-hydrogen) atoms. The van der Waals surface area contributed by atoms with Crippen molar-refractivity contribution in [3.8, 4) is 11.5 Å². The van der Waals surface area contributed by atoms with E-state index in [1.54, 1.807) is 18.3 Å². The van der Waals surface area contributed by atoms with E-state index in [0.29, 0.717) is 23.8 Å². The Hall–Kier alpha value is -3.10. The number of ether oxygens (including phenoxy) is 2. The van der Waals surface area contributed by atoms with Gasteiger partial charge in [-0.3, -0.25) is 0 Å². The average Bonchev–Trinajstić information content (AvgIpc) is 2.79. The first-order valence-corrected chi connectivity index (χ1v) is 10.4. The Bertz CT molecular complexity index is 843. The molecule has 9 heteroatoms. The van der Waals surface area contributed by atoms with Crippen LogP contribution in [0.25, 0.3) is 0 Å². The number of guanidine groups is 1. The van der Waals surface area contributed by atoms with Gasteiger partial charge in [-0.25, -0.2) is 9.98 Å². The number of benzene rings is 1. The summed E-state index contributed by atoms with van der Waals surface area (Å²) in [7, 11) is 1.48. The fraction of sp³-hybridized carbons (Fsp3) is 0.455. The highest BCUT2D eigenvalue weighted by molar-refractivity contribution is 5.80. The Balaban J connectivity index is 1.62. The lowest BCUT2D eigenvalue weighted by molar-refractivity contribution is -0.0505. The maximum absolute atomic E-state index is 12.8. The highest BCUT2D eigenvalue weighted by Gasteiger charge is 2.21. The van der Waals surface area contributed by atoms with Crippen molar-refractivity contribution >= 4 is 11.8 Å². The summed E-state index contributed by atoms with van der Waals surface area (Å²) in [4.78, 5) is 11.3. The van der Waals surface area contributed by atoms with Crippen LogP contribution in [0.3, 0.4) is 0 Å². The second-order valence-corrected chi connectivity index (χ2v) is 7.14. The molecule has 1 aromatic heterocycles. The third-order valence-electron chi connectivity index (χ3n) is 5.05. The predicted molar refractivity (Wildman–Crippen MR) is 117 cm³/mol. The van der Waals surface area contributed by atoms with Gasteiger partial charge in [-0.05, 0) is 44.0 Å². The molecule has 0 amide bonds. The van der Waals surface area contributed by atoms with E-state index in [0.717, 1.165) is 31.7 Å². The first-order chi connectivity index (χ1) is 15.1. The summed E-state index contributed by atoms with van der Waals surface area (Å²) in [6.07, 6.45) is 3.70. The molecule has 2 N–H and O–H groups in total. The minimum Gasteiger partial charge on any atom is -0.497 e. The van der Waals surface area contributed by atoms with E-state index in [1.807, 2.05) is 25.1 Å². The fourth-order valence-electron chi connectivity index (χ4n) is 3.47. The van der Waals surface area contributed by atoms with Crippen LogP contribution >= 0.6 is 0 Å². The Morgan fingerprint density at radius 3 is 2.71 bits per heavy atom. The molecule has 168 valence electrons. The molecule has 0 radical (unpaired) electrons. The molecule has 1 aromatic carbocycles. The SMILES string of the molecule is CCNC(=NCc1ccc(OC)cc1OC(F)F)NC1CCN(c2ccccn2)CC1. The molecule has 1 saturated heterocycles. The van der Waals surface area contributed by atoms with Crippen molar-refractivity contribution in [2.24, 2.45) is 4.99 Å². The summed E-state index contributed by atoms with van der Waals surface area (Å²) in [5.74, 6) is 2.16. The number of aromatic nitrogens is 1. The zero-order valence-electron chi connectivity index (χ0n) is 17.9. The van der Waals surface area contributed by atoms with Gasteiger partial charge in [-0.2, -0.15) is 8.78 Å². The monoisotopic (exact) mass is 433 g/mol. The number of nitrogens with zero attached hydrogens (tertiary/aromatic N) is 3. The van der Waals surface area contributed by atoms with E-state index in [9.17, 15) is 8.78 Å². The molecule has 3 rings (SSSR count). The molecule has 0 unspecified atom stereocenters. The van der Waals surface area contributed by atoms with Gasteiger partial charge in [-0.15, -0.1) is 0 Å². The highest BCUT2D eigenvalue weighted by atomic mass is 19.3. The number of anilines is 1. The van der Waals surface area contributed by atoms with Crippen LogP contribution in [0, 0.1) is 0 Å². The number of aliphatic imine (C=N–C) groups is 1. The van der Waals surface area contributed by atoms with Crippen molar-refractivity contribution in [1.82, 2.24) is 15.6 Å². The van der Waals surface area contributed by atoms with E-state index < -0.39 is 6.61 Å². The first kappa shape index (κ1) is 22.6. The molecular weight excluding hydrogens is 404 g/mol. The molecule has 0 aliphatic carbocycles. The molecule has 1 fully saturated rings. The second kappa shape index (κ2) is 11.3. The predicted octanol–water partition coefficient (Wildman–Crippen LogP) is 3.42. The normalized spacial score (nSPS) is 15.1. The number of methoxy groups -OCH3 is 1. The smallest absolute Gasteiger partial charge is 0.387 e. The molecule has 1 aliphatic rings. The van der Waals surface area contributed by atoms with Crippen molar-refractivity contribution in [2.45, 2.75) is 39.0 Å². The maximum atomic E-state index is 12.8. The van der Waals surface area contributed by atoms with E-state index in [4.69, 9.17) is 4.74 Å². The van der Waals surface area contributed by atoms with Crippen LogP contribution in [-0.4, -0.2) is 50.3 Å². The summed E-state index contributed by atoms with van der Waals surface area (Å²) in [5, 5.41) is 6.69. The van der Waals surface area contributed by atoms with Gasteiger partial charge < -0.3 is 25.0 Å². The summed E-state index contributed by atoms with van der Waals surface area (Å²) in [5.41, 5.74) is 0.559. The van der Waals surface area contributed by atoms with Gasteiger partial charge in [0.05, 0.1) is 13.7 Å². The van der Waals surface area contributed by atoms with Crippen molar-refractivity contribution in [2.75, 3.05) is 31.6 Å². The van der Waals surface area contributed by atoms with Crippen molar-refractivity contribution in [1.29, 1.82) is 0 Å². The lowest BCUT2D eigenvalue weighted by Gasteiger charge is -2.33. The number of piperidine rings is 1. The quantitative estimate of drug-likeness (QED) is 0.491. The van der Waals surface area contributed by atoms with Crippen LogP contribution in [0.15, 0.2) is 47.6 Å². The molecule has 0 spiro atoms. The van der Waals surface area contributed by atoms with Crippen molar-refractivity contribution < 1.29 is 18.3 Å². The van der Waals surface area contributed by atoms with Gasteiger partial charge in [0.1, 0.15) is 17.3 Å². The summed E-state index contributed by atoms with van der Waals surface area (Å²) in [6, 6.07) is 11.0. The van der Waals surface area contributed by atoms with E-state index in [2.05, 4.69) is 30.2 Å². The largest absolute Gasteiger partial charge is 0.497 e. The molecule has 0 atom stereocenters. The minimum atomic E-state index is -2.91. The van der Waals surface area contributed by atoms with Gasteiger partial charge in [0.2, 0.25) is 0 Å². The summed E-state index contributed by atoms with van der Waals surface area (Å²) in [6.45, 7) is 1.78. The van der Waals surface area contributed by atoms with Crippen LogP contribution in [0.1, 0.15) is 25.3 Å². The molecular formula is C22H29F2N5O2. The number of nitrogens with one attached hydrogen (secondary N) is 2. The number of hydrogen-bond donors (Lipinski definition) is 2. The van der Waals surface area contributed by atoms with Gasteiger partial charge in [0.25, 0.3) is 0 Å². The molecule has 0 bridgehead atoms. The number of rotatable bonds is 8. The Labute approximate surface area is 181 Å². The van der Waals surface area contributed by atoms with Gasteiger partial charge in [0, 0.05) is 43.5 Å². The van der Waals surface area contributed by atoms with Crippen LogP contribution in [0.5, 0.6) is 11.5 Å². The van der Waals surface area contributed by atoms with Gasteiger partial charge in [-0.1, -0.05) is 6.07 Å². The Kier molecular flexibility index (Phi) is 8.26. The lowest BCUT2D eigenvalue weighted by Crippen LogP contribution is -2.48. The first-order valence-electron chi connectivity index (χ1n) is 10.4. The summed E-state index contributed by atoms with van der Waals surface area (Å²) >= 11 is 0. The summed E-state index contributed by atoms with van der Waals surface area (Å²) < 4.78 is 35.3. The number of alkyl halides is 2. The van der Waals surface area contributed by atoms with E-state index >= 15 is 0 Å². The van der Waals surface area contributed by atoms with Crippen molar-refractivity contribution in [3.05, 3.63) is 48.2 Å². The third kappa shape index (κ3) is 6.70. The lowest BCUT2D eigenvalue weighted by atomic mass is 10.1. The van der Waals surface area contributed by atoms with Crippen LogP contribution in [-0.2, 0) is 6.54 Å². The maximum Gasteiger partial charge on any atom is 0.387 e. The Morgan fingerprint density at radius 2 is 2.06 bits per heavy atom. The Morgan fingerprint density at radius 1 is 1.26 bits per heavy atom. The number of halogens is 2. The topological polar surface area (TPSA) is 71.0 Å². The number of pyridine rings is 1. The molecule has 2 heterocycles. The fourth-order valence-corrected chi connectivity index (χ4v) is 3.47. The highest BCUT2D eigenvalue weighted by Crippen LogP contribution is 2.27. The van der Waals surface area contributed by atoms with Gasteiger partial charge >= 0.3 is 6.61 Å². The molecule has 7 nitrogen and oxygen atoms in total. The van der Waals surface area contributed by atoms with Gasteiger partial charge in [0.15, 0.2) is 5.96 Å². The standard InChI is InChI=1S/C22H29F2N5O2/c1-3-25-22(27-15-16-7-8-18(30-2)14-19(16)31-21(23)24)28-17-9-12-29(13-10-17)20-6-4-5-11-26-20/h4-8,11,14,17,21H,3,9-10,12-13,15H2,1-2H3,(H2,25,27,28). The molecule has 2 aromatic rings. The molecule has 0 saturated carbocycles. The van der Waals surface area contributed by atoms with Crippen molar-refractivity contribution in [3.63, 3.8) is 0 Å². The van der Waals surface area contributed by atoms with E-state index in [-0.39, 0.29) is 18.3 Å². The van der Waals surface area contributed by atoms with Crippen LogP contribution < -0.4 is 25.0 Å². The third-order valence-corrected chi connectivity index (χ3v) is 5.05. The average molecular weight is 434 g/mol. The number of hydrogen-bond acceptors (Lipinski definition) is 5. The molecule has 1 aliphatic heterocycles. The van der Waals surface area contributed by atoms with E-state index in [1.165, 1.54) is 13.2 Å². The zero-order valence-corrected chi connectivity index (χ0v) is 17.9. The van der Waals surface area contributed by atoms with Crippen LogP contribution in [0.4, 0.5) is 14.6 Å². The second-order valence-electron chi connectivity index (χ2n) is 7.14.